The van der Waals surface area contributed by atoms with Crippen LogP contribution in [0.2, 0.25) is 0 Å². The molecule has 0 N–H and O–H groups in total. The zero-order chi connectivity index (χ0) is 15.0. The van der Waals surface area contributed by atoms with Crippen LogP contribution in [-0.4, -0.2) is 7.11 Å². The highest BCUT2D eigenvalue weighted by molar-refractivity contribution is 9.10. The Morgan fingerprint density at radius 3 is 2.33 bits per heavy atom. The third kappa shape index (κ3) is 2.91. The van der Waals surface area contributed by atoms with E-state index in [1.807, 2.05) is 0 Å². The van der Waals surface area contributed by atoms with E-state index in [1.165, 1.54) is 22.3 Å². The van der Waals surface area contributed by atoms with E-state index in [2.05, 4.69) is 75.2 Å². The van der Waals surface area contributed by atoms with Gasteiger partial charge in [0.15, 0.2) is 0 Å². The van der Waals surface area contributed by atoms with Crippen molar-refractivity contribution in [2.75, 3.05) is 7.11 Å². The van der Waals surface area contributed by atoms with Gasteiger partial charge in [-0.1, -0.05) is 56.1 Å². The van der Waals surface area contributed by atoms with Crippen molar-refractivity contribution in [1.82, 2.24) is 0 Å². The molecule has 0 heterocycles. The summed E-state index contributed by atoms with van der Waals surface area (Å²) in [6.45, 7) is 2.09. The molecule has 3 heteroatoms. The minimum atomic E-state index is 0.303. The first-order valence-electron chi connectivity index (χ1n) is 7.15. The molecule has 0 bridgehead atoms. The fourth-order valence-corrected chi connectivity index (χ4v) is 4.21. The molecule has 0 saturated carbocycles. The molecule has 0 radical (unpaired) electrons. The van der Waals surface area contributed by atoms with Crippen molar-refractivity contribution in [2.24, 2.45) is 5.92 Å². The van der Waals surface area contributed by atoms with Gasteiger partial charge in [-0.15, -0.1) is 0 Å². The van der Waals surface area contributed by atoms with Gasteiger partial charge in [0.1, 0.15) is 5.75 Å². The quantitative estimate of drug-likeness (QED) is 0.598. The fourth-order valence-electron chi connectivity index (χ4n) is 3.12. The Morgan fingerprint density at radius 1 is 1.14 bits per heavy atom. The predicted molar refractivity (Wildman–Crippen MR) is 94.4 cm³/mol. The van der Waals surface area contributed by atoms with Crippen molar-refractivity contribution in [3.63, 3.8) is 0 Å². The molecule has 0 spiro atoms. The minimum Gasteiger partial charge on any atom is -0.496 e. The molecule has 2 aromatic rings. The molecule has 0 fully saturated rings. The maximum Gasteiger partial charge on any atom is 0.123 e. The number of hydrogen-bond acceptors (Lipinski definition) is 1. The second kappa shape index (κ2) is 6.13. The lowest BCUT2D eigenvalue weighted by Crippen LogP contribution is -2.09. The second-order valence-electron chi connectivity index (χ2n) is 5.68. The molecule has 1 unspecified atom stereocenters. The molecule has 0 amide bonds. The molecule has 2 aromatic carbocycles. The Kier molecular flexibility index (Phi) is 4.41. The van der Waals surface area contributed by atoms with Gasteiger partial charge in [0, 0.05) is 14.9 Å². The van der Waals surface area contributed by atoms with Crippen LogP contribution in [0.5, 0.6) is 5.75 Å². The van der Waals surface area contributed by atoms with Gasteiger partial charge in [0.05, 0.1) is 7.11 Å². The zero-order valence-corrected chi connectivity index (χ0v) is 15.4. The van der Waals surface area contributed by atoms with Crippen LogP contribution in [0.25, 0.3) is 0 Å². The molecule has 1 nitrogen and oxygen atoms in total. The molecule has 110 valence electrons. The third-order valence-electron chi connectivity index (χ3n) is 4.30. The van der Waals surface area contributed by atoms with Crippen molar-refractivity contribution < 1.29 is 4.74 Å². The zero-order valence-electron chi connectivity index (χ0n) is 12.2. The summed E-state index contributed by atoms with van der Waals surface area (Å²) < 4.78 is 6.73. The molecule has 0 saturated heterocycles. The highest BCUT2D eigenvalue weighted by Crippen LogP contribution is 2.44. The van der Waals surface area contributed by atoms with Crippen molar-refractivity contribution in [3.8, 4) is 5.75 Å². The highest BCUT2D eigenvalue weighted by atomic mass is 79.9. The lowest BCUT2D eigenvalue weighted by Gasteiger charge is -2.21. The molecule has 0 aliphatic heterocycles. The topological polar surface area (TPSA) is 9.23 Å². The number of rotatable bonds is 3. The van der Waals surface area contributed by atoms with Crippen molar-refractivity contribution in [3.05, 3.63) is 63.1 Å². The molecule has 1 aliphatic carbocycles. The maximum atomic E-state index is 5.59. The number of fused-ring (bicyclic) bond motifs is 1. The van der Waals surface area contributed by atoms with Crippen LogP contribution in [0.4, 0.5) is 0 Å². The first kappa shape index (κ1) is 15.1. The number of aryl methyl sites for hydroxylation is 1. The molecule has 1 atom stereocenters. The van der Waals surface area contributed by atoms with E-state index >= 15 is 0 Å². The van der Waals surface area contributed by atoms with Crippen LogP contribution in [-0.2, 0) is 12.8 Å². The number of benzene rings is 2. The van der Waals surface area contributed by atoms with E-state index in [0.717, 1.165) is 23.1 Å². The predicted octanol–water partition coefficient (Wildman–Crippen LogP) is 5.62. The van der Waals surface area contributed by atoms with Gasteiger partial charge in [-0.25, -0.2) is 0 Å². The van der Waals surface area contributed by atoms with Crippen LogP contribution < -0.4 is 4.74 Å². The number of alkyl halides is 1. The second-order valence-corrected chi connectivity index (χ2v) is 7.52. The number of hydrogen-bond donors (Lipinski definition) is 0. The Labute approximate surface area is 143 Å². The van der Waals surface area contributed by atoms with Gasteiger partial charge in [0.25, 0.3) is 0 Å². The van der Waals surface area contributed by atoms with Crippen molar-refractivity contribution in [1.29, 1.82) is 0 Å². The number of ether oxygens (including phenoxy) is 1. The number of halogens is 2. The summed E-state index contributed by atoms with van der Waals surface area (Å²) >= 11 is 7.56. The normalized spacial score (nSPS) is 15.8. The van der Waals surface area contributed by atoms with Crippen LogP contribution in [0.1, 0.15) is 27.1 Å². The Morgan fingerprint density at radius 2 is 1.76 bits per heavy atom. The summed E-state index contributed by atoms with van der Waals surface area (Å²) in [5.41, 5.74) is 5.40. The summed E-state index contributed by atoms with van der Waals surface area (Å²) in [5, 5.41) is 0. The lowest BCUT2D eigenvalue weighted by atomic mass is 9.95. The first-order chi connectivity index (χ1) is 10.1. The van der Waals surface area contributed by atoms with Gasteiger partial charge in [0.2, 0.25) is 0 Å². The van der Waals surface area contributed by atoms with E-state index in [0.29, 0.717) is 10.7 Å². The molecule has 0 aromatic heterocycles. The van der Waals surface area contributed by atoms with Crippen LogP contribution in [0.3, 0.4) is 0 Å². The summed E-state index contributed by atoms with van der Waals surface area (Å²) in [5.74, 6) is 1.54. The van der Waals surface area contributed by atoms with Crippen LogP contribution in [0.15, 0.2) is 40.9 Å². The van der Waals surface area contributed by atoms with Gasteiger partial charge in [-0.05, 0) is 54.5 Å². The van der Waals surface area contributed by atoms with Crippen molar-refractivity contribution >= 4 is 31.9 Å². The highest BCUT2D eigenvalue weighted by Gasteiger charge is 2.29. The third-order valence-corrected chi connectivity index (χ3v) is 6.40. The van der Waals surface area contributed by atoms with Gasteiger partial charge in [-0.3, -0.25) is 0 Å². The molecular formula is C18H18Br2O. The smallest absolute Gasteiger partial charge is 0.123 e. The maximum absolute atomic E-state index is 5.59. The van der Waals surface area contributed by atoms with Crippen LogP contribution in [0, 0.1) is 12.8 Å². The average molecular weight is 410 g/mol. The lowest BCUT2D eigenvalue weighted by molar-refractivity contribution is 0.404. The molecule has 3 rings (SSSR count). The summed E-state index contributed by atoms with van der Waals surface area (Å²) in [6, 6.07) is 13.1. The summed E-state index contributed by atoms with van der Waals surface area (Å²) in [7, 11) is 1.75. The van der Waals surface area contributed by atoms with E-state index in [4.69, 9.17) is 4.74 Å². The van der Waals surface area contributed by atoms with Crippen LogP contribution >= 0.6 is 31.9 Å². The summed E-state index contributed by atoms with van der Waals surface area (Å²) in [4.78, 5) is 0.303. The van der Waals surface area contributed by atoms with E-state index in [-0.39, 0.29) is 0 Å². The molecule has 1 aliphatic rings. The van der Waals surface area contributed by atoms with Gasteiger partial charge < -0.3 is 4.74 Å². The first-order valence-corrected chi connectivity index (χ1v) is 8.86. The largest absolute Gasteiger partial charge is 0.496 e. The Balaban J connectivity index is 1.90. The Hall–Kier alpha value is -0.800. The van der Waals surface area contributed by atoms with E-state index < -0.39 is 0 Å². The monoisotopic (exact) mass is 408 g/mol. The average Bonchev–Trinajstić information content (AvgIpc) is 2.92. The SMILES string of the molecule is COc1cc(C)c(Br)cc1C(Br)C1Cc2ccccc2C1. The van der Waals surface area contributed by atoms with Gasteiger partial charge >= 0.3 is 0 Å². The Bertz CT molecular complexity index is 641. The standard InChI is InChI=1S/C18H18Br2O/c1-11-7-17(21-2)15(10-16(11)19)18(20)14-8-12-5-3-4-6-13(12)9-14/h3-7,10,14,18H,8-9H2,1-2H3. The van der Waals surface area contributed by atoms with E-state index in [1.54, 1.807) is 7.11 Å². The van der Waals surface area contributed by atoms with Gasteiger partial charge in [-0.2, -0.15) is 0 Å². The van der Waals surface area contributed by atoms with E-state index in [9.17, 15) is 0 Å². The number of methoxy groups -OCH3 is 1. The summed E-state index contributed by atoms with van der Waals surface area (Å²) in [6.07, 6.45) is 2.25. The minimum absolute atomic E-state index is 0.303. The van der Waals surface area contributed by atoms with Crippen molar-refractivity contribution in [2.45, 2.75) is 24.6 Å². The fraction of sp³-hybridized carbons (Fsp3) is 0.333. The molecular weight excluding hydrogens is 392 g/mol. The molecule has 21 heavy (non-hydrogen) atoms.